The second-order valence-corrected chi connectivity index (χ2v) is 5.53. The summed E-state index contributed by atoms with van der Waals surface area (Å²) in [5.74, 6) is -1.21. The number of nitrogens with zero attached hydrogens (tertiary/aromatic N) is 1. The van der Waals surface area contributed by atoms with Gasteiger partial charge >= 0.3 is 11.8 Å². The average Bonchev–Trinajstić information content (AvgIpc) is 2.90. The molecule has 0 atom stereocenters. The molecule has 0 unspecified atom stereocenters. The number of hydrazone groups is 1. The Morgan fingerprint density at radius 2 is 1.79 bits per heavy atom. The third-order valence-electron chi connectivity index (χ3n) is 3.89. The summed E-state index contributed by atoms with van der Waals surface area (Å²) in [5.41, 5.74) is 3.35. The minimum Gasteiger partial charge on any atom is -0.345 e. The smallest absolute Gasteiger partial charge is 0.329 e. The van der Waals surface area contributed by atoms with Crippen molar-refractivity contribution in [3.8, 4) is 0 Å². The van der Waals surface area contributed by atoms with Crippen LogP contribution in [-0.2, 0) is 9.59 Å². The monoisotopic (exact) mass is 267 g/mol. The molecule has 19 heavy (non-hydrogen) atoms. The van der Waals surface area contributed by atoms with Crippen LogP contribution in [0, 0.1) is 0 Å². The zero-order valence-corrected chi connectivity index (χ0v) is 11.5. The number of nitrogens with one attached hydrogen (secondary N) is 3. The van der Waals surface area contributed by atoms with Gasteiger partial charge in [0.05, 0.1) is 20.1 Å². The fraction of sp³-hybridized carbons (Fsp3) is 0.769. The molecule has 1 saturated carbocycles. The van der Waals surface area contributed by atoms with E-state index in [1.165, 1.54) is 4.90 Å². The van der Waals surface area contributed by atoms with Gasteiger partial charge in [-0.15, -0.1) is 0 Å². The Hall–Kier alpha value is -1.43. The lowest BCUT2D eigenvalue weighted by atomic mass is 10.1. The van der Waals surface area contributed by atoms with Crippen LogP contribution < -0.4 is 15.6 Å². The van der Waals surface area contributed by atoms with Gasteiger partial charge in [-0.1, -0.05) is 12.8 Å². The van der Waals surface area contributed by atoms with Gasteiger partial charge in [-0.05, 0) is 12.8 Å². The molecule has 106 valence electrons. The summed E-state index contributed by atoms with van der Waals surface area (Å²) in [6, 6.07) is 0.165. The van der Waals surface area contributed by atoms with Gasteiger partial charge in [-0.25, -0.2) is 5.43 Å². The first kappa shape index (κ1) is 14.0. The predicted octanol–water partition coefficient (Wildman–Crippen LogP) is -1.17. The van der Waals surface area contributed by atoms with Gasteiger partial charge in [0.25, 0.3) is 0 Å². The van der Waals surface area contributed by atoms with E-state index in [0.717, 1.165) is 57.3 Å². The van der Waals surface area contributed by atoms with Crippen LogP contribution in [0.15, 0.2) is 5.10 Å². The summed E-state index contributed by atoms with van der Waals surface area (Å²) in [4.78, 5) is 24.7. The van der Waals surface area contributed by atoms with Crippen molar-refractivity contribution in [2.24, 2.45) is 5.10 Å². The standard InChI is InChI=1S/C13H22N4O2/c1-17-8-6-11(7-9-17)15-16-13(19)12(18)14-10-4-2-3-5-10/h10H,2-9H2,1H3,(H,14,18)(H,16,19)/p+1. The quantitative estimate of drug-likeness (QED) is 0.435. The van der Waals surface area contributed by atoms with Crippen molar-refractivity contribution in [3.05, 3.63) is 0 Å². The third kappa shape index (κ3) is 4.31. The van der Waals surface area contributed by atoms with Crippen molar-refractivity contribution in [1.82, 2.24) is 10.7 Å². The van der Waals surface area contributed by atoms with Gasteiger partial charge in [-0.3, -0.25) is 9.59 Å². The Kier molecular flexibility index (Phi) is 4.90. The molecule has 2 aliphatic rings. The van der Waals surface area contributed by atoms with Crippen LogP contribution in [0.1, 0.15) is 38.5 Å². The van der Waals surface area contributed by atoms with E-state index >= 15 is 0 Å². The Bertz CT molecular complexity index is 365. The molecular weight excluding hydrogens is 244 g/mol. The summed E-state index contributed by atoms with van der Waals surface area (Å²) in [6.45, 7) is 2.06. The number of rotatable bonds is 2. The van der Waals surface area contributed by atoms with Crippen molar-refractivity contribution >= 4 is 17.5 Å². The van der Waals surface area contributed by atoms with Crippen LogP contribution in [0.4, 0.5) is 0 Å². The fourth-order valence-electron chi connectivity index (χ4n) is 2.58. The van der Waals surface area contributed by atoms with Gasteiger partial charge in [0.1, 0.15) is 0 Å². The predicted molar refractivity (Wildman–Crippen MR) is 71.8 cm³/mol. The molecule has 1 saturated heterocycles. The molecule has 0 spiro atoms. The lowest BCUT2D eigenvalue weighted by Gasteiger charge is -2.20. The van der Waals surface area contributed by atoms with Gasteiger partial charge in [-0.2, -0.15) is 5.10 Å². The topological polar surface area (TPSA) is 75.0 Å². The number of likely N-dealkylation sites (tertiary alicyclic amines) is 1. The van der Waals surface area contributed by atoms with E-state index in [0.29, 0.717) is 0 Å². The Morgan fingerprint density at radius 1 is 1.16 bits per heavy atom. The number of hydrogen-bond donors (Lipinski definition) is 3. The molecule has 2 amide bonds. The van der Waals surface area contributed by atoms with Crippen LogP contribution in [0.25, 0.3) is 0 Å². The number of carbonyl (C=O) groups excluding carboxylic acids is 2. The molecule has 0 aromatic rings. The SMILES string of the molecule is C[NH+]1CCC(=NNC(=O)C(=O)NC2CCCC2)CC1. The van der Waals surface area contributed by atoms with E-state index in [-0.39, 0.29) is 6.04 Å². The third-order valence-corrected chi connectivity index (χ3v) is 3.89. The maximum atomic E-state index is 11.6. The first-order chi connectivity index (χ1) is 9.15. The summed E-state index contributed by atoms with van der Waals surface area (Å²) in [6.07, 6.45) is 5.98. The van der Waals surface area contributed by atoms with Crippen molar-refractivity contribution in [1.29, 1.82) is 0 Å². The first-order valence-electron chi connectivity index (χ1n) is 7.12. The largest absolute Gasteiger partial charge is 0.345 e. The number of carbonyl (C=O) groups is 2. The molecule has 0 bridgehead atoms. The molecule has 1 heterocycles. The zero-order chi connectivity index (χ0) is 13.7. The van der Waals surface area contributed by atoms with Gasteiger partial charge in [0.15, 0.2) is 0 Å². The maximum Gasteiger partial charge on any atom is 0.329 e. The minimum absolute atomic E-state index is 0.165. The van der Waals surface area contributed by atoms with Crippen molar-refractivity contribution in [2.75, 3.05) is 20.1 Å². The second-order valence-electron chi connectivity index (χ2n) is 5.53. The van der Waals surface area contributed by atoms with Gasteiger partial charge in [0.2, 0.25) is 0 Å². The minimum atomic E-state index is -0.648. The van der Waals surface area contributed by atoms with Crippen LogP contribution in [0.2, 0.25) is 0 Å². The summed E-state index contributed by atoms with van der Waals surface area (Å²) in [5, 5.41) is 6.81. The average molecular weight is 267 g/mol. The molecule has 0 radical (unpaired) electrons. The highest BCUT2D eigenvalue weighted by atomic mass is 16.2. The molecule has 1 aliphatic heterocycles. The van der Waals surface area contributed by atoms with Crippen molar-refractivity contribution < 1.29 is 14.5 Å². The molecule has 6 heteroatoms. The molecule has 2 rings (SSSR count). The number of piperidine rings is 1. The van der Waals surface area contributed by atoms with Crippen LogP contribution in [0.3, 0.4) is 0 Å². The van der Waals surface area contributed by atoms with E-state index in [1.54, 1.807) is 0 Å². The molecule has 0 aromatic heterocycles. The van der Waals surface area contributed by atoms with Gasteiger partial charge in [0, 0.05) is 24.6 Å². The number of quaternary nitrogens is 1. The fourth-order valence-corrected chi connectivity index (χ4v) is 2.58. The first-order valence-corrected chi connectivity index (χ1v) is 7.12. The molecule has 3 N–H and O–H groups in total. The normalized spacial score (nSPS) is 24.1. The van der Waals surface area contributed by atoms with Gasteiger partial charge < -0.3 is 10.2 Å². The highest BCUT2D eigenvalue weighted by molar-refractivity contribution is 6.35. The van der Waals surface area contributed by atoms with Crippen LogP contribution in [0.5, 0.6) is 0 Å². The molecule has 0 aromatic carbocycles. The summed E-state index contributed by atoms with van der Waals surface area (Å²) in [7, 11) is 2.14. The lowest BCUT2D eigenvalue weighted by molar-refractivity contribution is -0.880. The number of amides is 2. The molecule has 2 fully saturated rings. The lowest BCUT2D eigenvalue weighted by Crippen LogP contribution is -3.10. The van der Waals surface area contributed by atoms with E-state index in [4.69, 9.17) is 0 Å². The molecule has 1 aliphatic carbocycles. The Balaban J connectivity index is 1.73. The van der Waals surface area contributed by atoms with Crippen LogP contribution >= 0.6 is 0 Å². The highest BCUT2D eigenvalue weighted by Gasteiger charge is 2.21. The van der Waals surface area contributed by atoms with Crippen LogP contribution in [-0.4, -0.2) is 43.7 Å². The van der Waals surface area contributed by atoms with E-state index in [9.17, 15) is 9.59 Å². The van der Waals surface area contributed by atoms with Crippen molar-refractivity contribution in [2.45, 2.75) is 44.6 Å². The molecule has 6 nitrogen and oxygen atoms in total. The summed E-state index contributed by atoms with van der Waals surface area (Å²) < 4.78 is 0. The highest BCUT2D eigenvalue weighted by Crippen LogP contribution is 2.17. The molecular formula is C13H23N4O2+. The van der Waals surface area contributed by atoms with E-state index < -0.39 is 11.8 Å². The zero-order valence-electron chi connectivity index (χ0n) is 11.5. The Morgan fingerprint density at radius 3 is 2.42 bits per heavy atom. The second kappa shape index (κ2) is 6.65. The summed E-state index contributed by atoms with van der Waals surface area (Å²) >= 11 is 0. The van der Waals surface area contributed by atoms with E-state index in [2.05, 4.69) is 22.9 Å². The number of hydrogen-bond acceptors (Lipinski definition) is 3. The van der Waals surface area contributed by atoms with Crippen molar-refractivity contribution in [3.63, 3.8) is 0 Å². The maximum absolute atomic E-state index is 11.6. The Labute approximate surface area is 113 Å². The van der Waals surface area contributed by atoms with E-state index in [1.807, 2.05) is 0 Å².